The zero-order valence-electron chi connectivity index (χ0n) is 11.4. The van der Waals surface area contributed by atoms with Crippen molar-refractivity contribution < 1.29 is 0 Å². The molecule has 0 atom stereocenters. The Morgan fingerprint density at radius 3 is 2.63 bits per heavy atom. The van der Waals surface area contributed by atoms with Gasteiger partial charge in [-0.05, 0) is 17.2 Å². The second-order valence-corrected chi connectivity index (χ2v) is 6.98. The first-order chi connectivity index (χ1) is 9.20. The molecule has 0 amide bonds. The van der Waals surface area contributed by atoms with Crippen LogP contribution >= 0.6 is 23.1 Å². The van der Waals surface area contributed by atoms with Crippen LogP contribution in [0.5, 0.6) is 0 Å². The number of nitrogens with two attached hydrogens (primary N) is 1. The lowest BCUT2D eigenvalue weighted by Gasteiger charge is -2.01. The summed E-state index contributed by atoms with van der Waals surface area (Å²) in [6.07, 6.45) is 0. The minimum absolute atomic E-state index is 0.509. The van der Waals surface area contributed by atoms with Gasteiger partial charge in [0.2, 0.25) is 0 Å². The molecule has 0 radical (unpaired) electrons. The minimum Gasteiger partial charge on any atom is -0.325 e. The fourth-order valence-corrected chi connectivity index (χ4v) is 4.00. The molecule has 1 aromatic heterocycles. The molecule has 4 heteroatoms. The molecule has 2 aromatic rings. The summed E-state index contributed by atoms with van der Waals surface area (Å²) in [4.78, 5) is 5.90. The number of thiazole rings is 1. The average molecular weight is 292 g/mol. The smallest absolute Gasteiger partial charge is 0.103 e. The molecular formula is C15H20N2S2. The molecule has 19 heavy (non-hydrogen) atoms. The first-order valence-corrected chi connectivity index (χ1v) is 8.49. The van der Waals surface area contributed by atoms with Gasteiger partial charge in [-0.1, -0.05) is 44.2 Å². The van der Waals surface area contributed by atoms with E-state index >= 15 is 0 Å². The number of hydrogen-bond donors (Lipinski definition) is 1. The Balaban J connectivity index is 2.14. The van der Waals surface area contributed by atoms with E-state index in [9.17, 15) is 0 Å². The molecule has 2 N–H and O–H groups in total. The van der Waals surface area contributed by atoms with Gasteiger partial charge in [0.1, 0.15) is 5.01 Å². The van der Waals surface area contributed by atoms with Crippen molar-refractivity contribution >= 4 is 23.1 Å². The third-order valence-corrected chi connectivity index (χ3v) is 5.36. The van der Waals surface area contributed by atoms with Crippen molar-refractivity contribution in [1.82, 2.24) is 4.98 Å². The van der Waals surface area contributed by atoms with E-state index in [4.69, 9.17) is 5.73 Å². The Labute approximate surface area is 123 Å². The van der Waals surface area contributed by atoms with Gasteiger partial charge in [-0.25, -0.2) is 4.98 Å². The lowest BCUT2D eigenvalue weighted by molar-refractivity contribution is 0.750. The van der Waals surface area contributed by atoms with Crippen LogP contribution in [-0.4, -0.2) is 10.7 Å². The second kappa shape index (κ2) is 7.08. The maximum absolute atomic E-state index is 5.82. The molecule has 0 saturated heterocycles. The van der Waals surface area contributed by atoms with E-state index in [0.717, 1.165) is 17.4 Å². The van der Waals surface area contributed by atoms with E-state index in [1.165, 1.54) is 21.2 Å². The molecule has 0 aliphatic heterocycles. The molecule has 0 spiro atoms. The molecular weight excluding hydrogens is 272 g/mol. The highest BCUT2D eigenvalue weighted by atomic mass is 32.2. The molecule has 1 heterocycles. The molecule has 0 saturated carbocycles. The lowest BCUT2D eigenvalue weighted by atomic mass is 10.1. The predicted molar refractivity (Wildman–Crippen MR) is 86.4 cm³/mol. The second-order valence-electron chi connectivity index (χ2n) is 4.86. The summed E-state index contributed by atoms with van der Waals surface area (Å²) in [7, 11) is 0. The van der Waals surface area contributed by atoms with Gasteiger partial charge in [0, 0.05) is 12.3 Å². The number of rotatable bonds is 6. The maximum Gasteiger partial charge on any atom is 0.103 e. The van der Waals surface area contributed by atoms with Crippen LogP contribution in [0.3, 0.4) is 0 Å². The van der Waals surface area contributed by atoms with Gasteiger partial charge in [-0.15, -0.1) is 11.3 Å². The largest absolute Gasteiger partial charge is 0.325 e. The summed E-state index contributed by atoms with van der Waals surface area (Å²) in [5, 5.41) is 1.19. The van der Waals surface area contributed by atoms with Crippen molar-refractivity contribution in [3.63, 3.8) is 0 Å². The van der Waals surface area contributed by atoms with Crippen molar-refractivity contribution in [3.05, 3.63) is 41.0 Å². The quantitative estimate of drug-likeness (QED) is 0.869. The van der Waals surface area contributed by atoms with E-state index in [2.05, 4.69) is 43.1 Å². The van der Waals surface area contributed by atoms with Gasteiger partial charge in [0.15, 0.2) is 0 Å². The van der Waals surface area contributed by atoms with Crippen LogP contribution in [0.1, 0.15) is 24.5 Å². The first kappa shape index (κ1) is 14.6. The molecule has 1 aromatic carbocycles. The predicted octanol–water partition coefficient (Wildman–Crippen LogP) is 4.16. The van der Waals surface area contributed by atoms with E-state index in [-0.39, 0.29) is 0 Å². The van der Waals surface area contributed by atoms with Crippen LogP contribution in [0.2, 0.25) is 0 Å². The summed E-state index contributed by atoms with van der Waals surface area (Å²) in [6.45, 7) is 5.00. The molecule has 2 nitrogen and oxygen atoms in total. The van der Waals surface area contributed by atoms with Crippen LogP contribution < -0.4 is 5.73 Å². The van der Waals surface area contributed by atoms with Crippen LogP contribution in [0.25, 0.3) is 10.4 Å². The summed E-state index contributed by atoms with van der Waals surface area (Å²) < 4.78 is 0. The van der Waals surface area contributed by atoms with Crippen molar-refractivity contribution in [2.24, 2.45) is 11.7 Å². The highest BCUT2D eigenvalue weighted by Crippen LogP contribution is 2.32. The molecule has 2 rings (SSSR count). The molecule has 0 bridgehead atoms. The van der Waals surface area contributed by atoms with Gasteiger partial charge in [0.05, 0.1) is 10.6 Å². The van der Waals surface area contributed by atoms with Gasteiger partial charge < -0.3 is 5.73 Å². The Hall–Kier alpha value is -0.840. The highest BCUT2D eigenvalue weighted by Gasteiger charge is 2.11. The van der Waals surface area contributed by atoms with Crippen molar-refractivity contribution in [2.45, 2.75) is 26.1 Å². The topological polar surface area (TPSA) is 38.9 Å². The lowest BCUT2D eigenvalue weighted by Crippen LogP contribution is -1.98. The Kier molecular flexibility index (Phi) is 5.43. The Bertz CT molecular complexity index is 506. The fourth-order valence-electron chi connectivity index (χ4n) is 1.80. The minimum atomic E-state index is 0.509. The number of nitrogens with zero attached hydrogens (tertiary/aromatic N) is 1. The summed E-state index contributed by atoms with van der Waals surface area (Å²) in [6, 6.07) is 10.4. The maximum atomic E-state index is 5.82. The third-order valence-electron chi connectivity index (χ3n) is 2.65. The molecule has 0 aliphatic carbocycles. The SMILES string of the molecule is CC(C)CSCc1nc(CN)c(-c2ccccc2)s1. The molecule has 0 unspecified atom stereocenters. The van der Waals surface area contributed by atoms with Crippen LogP contribution in [0.15, 0.2) is 30.3 Å². The van der Waals surface area contributed by atoms with Crippen LogP contribution in [0.4, 0.5) is 0 Å². The van der Waals surface area contributed by atoms with E-state index in [1.807, 2.05) is 17.8 Å². The van der Waals surface area contributed by atoms with E-state index < -0.39 is 0 Å². The van der Waals surface area contributed by atoms with Crippen molar-refractivity contribution in [1.29, 1.82) is 0 Å². The third kappa shape index (κ3) is 4.06. The Morgan fingerprint density at radius 1 is 1.26 bits per heavy atom. The standard InChI is InChI=1S/C15H20N2S2/c1-11(2)9-18-10-14-17-13(8-16)15(19-14)12-6-4-3-5-7-12/h3-7,11H,8-10,16H2,1-2H3. The average Bonchev–Trinajstić information content (AvgIpc) is 2.82. The summed E-state index contributed by atoms with van der Waals surface area (Å²) in [5.41, 5.74) is 8.06. The van der Waals surface area contributed by atoms with Crippen molar-refractivity contribution in [3.8, 4) is 10.4 Å². The van der Waals surface area contributed by atoms with Crippen LogP contribution in [-0.2, 0) is 12.3 Å². The number of hydrogen-bond acceptors (Lipinski definition) is 4. The van der Waals surface area contributed by atoms with Gasteiger partial charge >= 0.3 is 0 Å². The van der Waals surface area contributed by atoms with Gasteiger partial charge in [-0.3, -0.25) is 0 Å². The van der Waals surface area contributed by atoms with Gasteiger partial charge in [0.25, 0.3) is 0 Å². The zero-order valence-corrected chi connectivity index (χ0v) is 13.1. The molecule has 0 aliphatic rings. The summed E-state index contributed by atoms with van der Waals surface area (Å²) >= 11 is 3.73. The Morgan fingerprint density at radius 2 is 2.00 bits per heavy atom. The summed E-state index contributed by atoms with van der Waals surface area (Å²) in [5.74, 6) is 2.90. The number of benzene rings is 1. The first-order valence-electron chi connectivity index (χ1n) is 6.52. The van der Waals surface area contributed by atoms with Crippen molar-refractivity contribution in [2.75, 3.05) is 5.75 Å². The zero-order chi connectivity index (χ0) is 13.7. The highest BCUT2D eigenvalue weighted by molar-refractivity contribution is 7.98. The number of aromatic nitrogens is 1. The van der Waals surface area contributed by atoms with E-state index in [1.54, 1.807) is 11.3 Å². The van der Waals surface area contributed by atoms with E-state index in [0.29, 0.717) is 6.54 Å². The van der Waals surface area contributed by atoms with Crippen LogP contribution in [0, 0.1) is 5.92 Å². The fraction of sp³-hybridized carbons (Fsp3) is 0.400. The number of thioether (sulfide) groups is 1. The normalized spacial score (nSPS) is 11.2. The monoisotopic (exact) mass is 292 g/mol. The molecule has 102 valence electrons. The molecule has 0 fully saturated rings. The van der Waals surface area contributed by atoms with Gasteiger partial charge in [-0.2, -0.15) is 11.8 Å².